The molecule has 0 aromatic carbocycles. The molecule has 0 saturated heterocycles. The highest BCUT2D eigenvalue weighted by Gasteiger charge is 2.14. The van der Waals surface area contributed by atoms with Gasteiger partial charge in [0.05, 0.1) is 10.7 Å². The van der Waals surface area contributed by atoms with E-state index in [2.05, 4.69) is 13.2 Å². The molecule has 0 aliphatic heterocycles. The molecular formula is C9H14O2S. The molecule has 0 rings (SSSR count). The smallest absolute Gasteiger partial charge is 0.178 e. The summed E-state index contributed by atoms with van der Waals surface area (Å²) >= 11 is 0. The van der Waals surface area contributed by atoms with Gasteiger partial charge in [0.15, 0.2) is 9.84 Å². The highest BCUT2D eigenvalue weighted by Crippen LogP contribution is 2.15. The van der Waals surface area contributed by atoms with Crippen LogP contribution in [0.2, 0.25) is 0 Å². The van der Waals surface area contributed by atoms with E-state index < -0.39 is 9.84 Å². The predicted octanol–water partition coefficient (Wildman–Crippen LogP) is 2.07. The molecule has 2 nitrogen and oxygen atoms in total. The van der Waals surface area contributed by atoms with Gasteiger partial charge in [-0.05, 0) is 18.6 Å². The van der Waals surface area contributed by atoms with E-state index in [1.165, 1.54) is 12.2 Å². The van der Waals surface area contributed by atoms with Crippen molar-refractivity contribution in [1.29, 1.82) is 0 Å². The Labute approximate surface area is 74.2 Å². The van der Waals surface area contributed by atoms with Crippen LogP contribution < -0.4 is 0 Å². The van der Waals surface area contributed by atoms with Crippen molar-refractivity contribution in [1.82, 2.24) is 0 Å². The summed E-state index contributed by atoms with van der Waals surface area (Å²) in [6, 6.07) is 0. The molecule has 0 heterocycles. The lowest BCUT2D eigenvalue weighted by atomic mass is 10.3. The Morgan fingerprint density at radius 1 is 1.50 bits per heavy atom. The van der Waals surface area contributed by atoms with Gasteiger partial charge in [-0.25, -0.2) is 8.42 Å². The van der Waals surface area contributed by atoms with Gasteiger partial charge >= 0.3 is 0 Å². The molecule has 0 unspecified atom stereocenters. The fourth-order valence-corrected chi connectivity index (χ4v) is 1.92. The largest absolute Gasteiger partial charge is 0.224 e. The lowest BCUT2D eigenvalue weighted by Crippen LogP contribution is -2.07. The highest BCUT2D eigenvalue weighted by atomic mass is 32.2. The van der Waals surface area contributed by atoms with E-state index in [-0.39, 0.29) is 10.7 Å². The maximum Gasteiger partial charge on any atom is 0.178 e. The second-order valence-electron chi connectivity index (χ2n) is 2.45. The lowest BCUT2D eigenvalue weighted by molar-refractivity contribution is 0.603. The number of rotatable bonds is 4. The maximum atomic E-state index is 11.4. The van der Waals surface area contributed by atoms with Crippen molar-refractivity contribution in [3.05, 3.63) is 35.8 Å². The monoisotopic (exact) mass is 186 g/mol. The van der Waals surface area contributed by atoms with E-state index >= 15 is 0 Å². The second kappa shape index (κ2) is 4.26. The maximum absolute atomic E-state index is 11.4. The van der Waals surface area contributed by atoms with Crippen molar-refractivity contribution in [3.63, 3.8) is 0 Å². The van der Waals surface area contributed by atoms with Crippen molar-refractivity contribution in [2.45, 2.75) is 13.8 Å². The van der Waals surface area contributed by atoms with E-state index in [1.807, 2.05) is 0 Å². The average Bonchev–Trinajstić information content (AvgIpc) is 1.99. The van der Waals surface area contributed by atoms with Crippen LogP contribution in [0.3, 0.4) is 0 Å². The SMILES string of the molecule is C=C/C=C(\C(=C)C)S(=O)(=O)CC. The normalized spacial score (nSPS) is 12.7. The molecule has 68 valence electrons. The minimum atomic E-state index is -3.13. The molecule has 12 heavy (non-hydrogen) atoms. The van der Waals surface area contributed by atoms with Crippen molar-refractivity contribution in [2.24, 2.45) is 0 Å². The zero-order valence-corrected chi connectivity index (χ0v) is 8.32. The zero-order chi connectivity index (χ0) is 9.78. The van der Waals surface area contributed by atoms with Crippen LogP contribution in [-0.4, -0.2) is 14.2 Å². The Kier molecular flexibility index (Phi) is 3.96. The standard InChI is InChI=1S/C9H14O2S/c1-5-7-9(8(3)4)12(10,11)6-2/h5,7H,1,3,6H2,2,4H3/b9-7+. The lowest BCUT2D eigenvalue weighted by Gasteiger charge is -2.04. The summed E-state index contributed by atoms with van der Waals surface area (Å²) < 4.78 is 22.7. The van der Waals surface area contributed by atoms with Gasteiger partial charge in [-0.2, -0.15) is 0 Å². The van der Waals surface area contributed by atoms with Gasteiger partial charge in [0.2, 0.25) is 0 Å². The van der Waals surface area contributed by atoms with Crippen LogP contribution in [-0.2, 0) is 9.84 Å². The molecule has 0 saturated carbocycles. The molecule has 3 heteroatoms. The number of hydrogen-bond donors (Lipinski definition) is 0. The first kappa shape index (κ1) is 11.2. The molecule has 0 N–H and O–H groups in total. The van der Waals surface area contributed by atoms with Gasteiger partial charge in [-0.1, -0.05) is 26.2 Å². The highest BCUT2D eigenvalue weighted by molar-refractivity contribution is 7.95. The van der Waals surface area contributed by atoms with Crippen molar-refractivity contribution >= 4 is 9.84 Å². The van der Waals surface area contributed by atoms with Gasteiger partial charge in [0.1, 0.15) is 0 Å². The summed E-state index contributed by atoms with van der Waals surface area (Å²) in [4.78, 5) is 0.278. The van der Waals surface area contributed by atoms with Crippen molar-refractivity contribution < 1.29 is 8.42 Å². The summed E-state index contributed by atoms with van der Waals surface area (Å²) in [5.41, 5.74) is 0.553. The quantitative estimate of drug-likeness (QED) is 0.630. The van der Waals surface area contributed by atoms with E-state index in [0.29, 0.717) is 5.57 Å². The zero-order valence-electron chi connectivity index (χ0n) is 7.50. The molecule has 0 aromatic heterocycles. The van der Waals surface area contributed by atoms with Crippen LogP contribution in [0, 0.1) is 0 Å². The summed E-state index contributed by atoms with van der Waals surface area (Å²) in [6.07, 6.45) is 2.93. The molecule has 0 aliphatic carbocycles. The third-order valence-electron chi connectivity index (χ3n) is 1.40. The summed E-state index contributed by atoms with van der Waals surface area (Å²) in [6.45, 7) is 10.3. The van der Waals surface area contributed by atoms with Crippen LogP contribution in [0.25, 0.3) is 0 Å². The Hall–Kier alpha value is -0.830. The summed E-state index contributed by atoms with van der Waals surface area (Å²) in [5.74, 6) is 0.0968. The van der Waals surface area contributed by atoms with Crippen LogP contribution in [0.15, 0.2) is 35.8 Å². The number of allylic oxidation sites excluding steroid dienone is 3. The Bertz CT molecular complexity index is 307. The van der Waals surface area contributed by atoms with Crippen LogP contribution in [0.4, 0.5) is 0 Å². The van der Waals surface area contributed by atoms with Gasteiger partial charge in [-0.15, -0.1) is 0 Å². The molecule has 0 atom stereocenters. The van der Waals surface area contributed by atoms with Crippen LogP contribution in [0.5, 0.6) is 0 Å². The van der Waals surface area contributed by atoms with Gasteiger partial charge < -0.3 is 0 Å². The Morgan fingerprint density at radius 3 is 2.25 bits per heavy atom. The Balaban J connectivity index is 5.17. The molecule has 0 radical (unpaired) electrons. The minimum absolute atomic E-state index is 0.0968. The van der Waals surface area contributed by atoms with Gasteiger partial charge in [-0.3, -0.25) is 0 Å². The molecule has 0 fully saturated rings. The van der Waals surface area contributed by atoms with Crippen LogP contribution >= 0.6 is 0 Å². The third-order valence-corrected chi connectivity index (χ3v) is 3.32. The molecular weight excluding hydrogens is 172 g/mol. The predicted molar refractivity (Wildman–Crippen MR) is 52.6 cm³/mol. The first-order chi connectivity index (χ1) is 5.45. The van der Waals surface area contributed by atoms with E-state index in [9.17, 15) is 8.42 Å². The van der Waals surface area contributed by atoms with Gasteiger partial charge in [0.25, 0.3) is 0 Å². The molecule has 0 aromatic rings. The average molecular weight is 186 g/mol. The van der Waals surface area contributed by atoms with Gasteiger partial charge in [0, 0.05) is 0 Å². The number of hydrogen-bond acceptors (Lipinski definition) is 2. The van der Waals surface area contributed by atoms with Crippen molar-refractivity contribution in [2.75, 3.05) is 5.75 Å². The topological polar surface area (TPSA) is 34.1 Å². The molecule has 0 amide bonds. The minimum Gasteiger partial charge on any atom is -0.224 e. The molecule has 0 aliphatic rings. The van der Waals surface area contributed by atoms with E-state index in [4.69, 9.17) is 0 Å². The van der Waals surface area contributed by atoms with Crippen molar-refractivity contribution in [3.8, 4) is 0 Å². The summed E-state index contributed by atoms with van der Waals surface area (Å²) in [5, 5.41) is 0. The molecule has 0 bridgehead atoms. The van der Waals surface area contributed by atoms with E-state index in [0.717, 1.165) is 0 Å². The third kappa shape index (κ3) is 2.66. The Morgan fingerprint density at radius 2 is 2.00 bits per heavy atom. The summed E-state index contributed by atoms with van der Waals surface area (Å²) in [7, 11) is -3.13. The first-order valence-corrected chi connectivity index (χ1v) is 5.32. The van der Waals surface area contributed by atoms with Crippen LogP contribution in [0.1, 0.15) is 13.8 Å². The first-order valence-electron chi connectivity index (χ1n) is 3.67. The fourth-order valence-electron chi connectivity index (χ4n) is 0.774. The van der Waals surface area contributed by atoms with E-state index in [1.54, 1.807) is 13.8 Å². The second-order valence-corrected chi connectivity index (χ2v) is 4.70. The molecule has 0 spiro atoms. The number of sulfone groups is 1. The fraction of sp³-hybridized carbons (Fsp3) is 0.333.